The van der Waals surface area contributed by atoms with Gasteiger partial charge < -0.3 is 10.4 Å². The number of rotatable bonds is 9. The van der Waals surface area contributed by atoms with Crippen LogP contribution in [0.1, 0.15) is 77.6 Å². The van der Waals surface area contributed by atoms with Crippen molar-refractivity contribution < 1.29 is 14.7 Å². The first-order valence-corrected chi connectivity index (χ1v) is 8.09. The summed E-state index contributed by atoms with van der Waals surface area (Å²) in [6, 6.07) is 0.0801. The quantitative estimate of drug-likeness (QED) is 0.680. The van der Waals surface area contributed by atoms with Crippen molar-refractivity contribution in [3.05, 3.63) is 0 Å². The molecule has 0 radical (unpaired) electrons. The molecule has 1 saturated carbocycles. The Morgan fingerprint density at radius 1 is 1.15 bits per heavy atom. The molecule has 1 unspecified atom stereocenters. The first-order valence-electron chi connectivity index (χ1n) is 8.09. The molecule has 0 bridgehead atoms. The molecule has 0 spiro atoms. The van der Waals surface area contributed by atoms with E-state index in [1.807, 2.05) is 6.92 Å². The van der Waals surface area contributed by atoms with Crippen LogP contribution in [-0.2, 0) is 9.59 Å². The average molecular weight is 283 g/mol. The maximum absolute atomic E-state index is 11.8. The van der Waals surface area contributed by atoms with E-state index >= 15 is 0 Å². The fraction of sp³-hybridized carbons (Fsp3) is 0.875. The molecule has 1 aliphatic rings. The Kier molecular flexibility index (Phi) is 8.31. The topological polar surface area (TPSA) is 66.4 Å². The molecule has 0 aromatic heterocycles. The lowest BCUT2D eigenvalue weighted by molar-refractivity contribution is -0.137. The number of carbonyl (C=O) groups excluding carboxylic acids is 1. The highest BCUT2D eigenvalue weighted by Gasteiger charge is 2.14. The van der Waals surface area contributed by atoms with Gasteiger partial charge in [-0.2, -0.15) is 0 Å². The van der Waals surface area contributed by atoms with E-state index in [-0.39, 0.29) is 18.4 Å². The van der Waals surface area contributed by atoms with Gasteiger partial charge in [-0.1, -0.05) is 32.1 Å². The fourth-order valence-electron chi connectivity index (χ4n) is 3.01. The normalized spacial score (nSPS) is 17.6. The molecule has 0 aromatic rings. The molecule has 1 rings (SSSR count). The third kappa shape index (κ3) is 8.18. The second-order valence-corrected chi connectivity index (χ2v) is 6.15. The molecule has 0 heterocycles. The molecule has 1 amide bonds. The zero-order valence-corrected chi connectivity index (χ0v) is 12.7. The minimum absolute atomic E-state index is 0.0801. The standard InChI is InChI=1S/C16H29NO3/c1-13(7-5-12-16(19)20)17-15(18)11-6-10-14-8-3-2-4-9-14/h13-14H,2-12H2,1H3,(H,17,18)(H,19,20). The van der Waals surface area contributed by atoms with Gasteiger partial charge in [0.05, 0.1) is 0 Å². The summed E-state index contributed by atoms with van der Waals surface area (Å²) in [5.74, 6) is 0.184. The van der Waals surface area contributed by atoms with Crippen LogP contribution in [0.25, 0.3) is 0 Å². The van der Waals surface area contributed by atoms with Crippen molar-refractivity contribution in [3.8, 4) is 0 Å². The Labute approximate surface area is 122 Å². The highest BCUT2D eigenvalue weighted by molar-refractivity contribution is 5.76. The van der Waals surface area contributed by atoms with E-state index in [1.54, 1.807) is 0 Å². The van der Waals surface area contributed by atoms with Gasteiger partial charge in [-0.3, -0.25) is 9.59 Å². The maximum Gasteiger partial charge on any atom is 0.303 e. The molecule has 20 heavy (non-hydrogen) atoms. The zero-order valence-electron chi connectivity index (χ0n) is 12.7. The first-order chi connectivity index (χ1) is 9.58. The summed E-state index contributed by atoms with van der Waals surface area (Å²) in [4.78, 5) is 22.2. The van der Waals surface area contributed by atoms with Crippen LogP contribution in [0.2, 0.25) is 0 Å². The summed E-state index contributed by atoms with van der Waals surface area (Å²) >= 11 is 0. The molecule has 0 aromatic carbocycles. The molecule has 1 fully saturated rings. The molecule has 4 nitrogen and oxygen atoms in total. The Morgan fingerprint density at radius 2 is 1.85 bits per heavy atom. The van der Waals surface area contributed by atoms with E-state index in [4.69, 9.17) is 5.11 Å². The zero-order chi connectivity index (χ0) is 14.8. The van der Waals surface area contributed by atoms with Crippen molar-refractivity contribution in [2.75, 3.05) is 0 Å². The highest BCUT2D eigenvalue weighted by Crippen LogP contribution is 2.27. The molecular weight excluding hydrogens is 254 g/mol. The number of aliphatic carboxylic acids is 1. The van der Waals surface area contributed by atoms with Crippen molar-refractivity contribution in [3.63, 3.8) is 0 Å². The van der Waals surface area contributed by atoms with Gasteiger partial charge in [-0.25, -0.2) is 0 Å². The summed E-state index contributed by atoms with van der Waals surface area (Å²) in [6.07, 6.45) is 11.1. The Morgan fingerprint density at radius 3 is 2.50 bits per heavy atom. The van der Waals surface area contributed by atoms with Gasteiger partial charge in [0, 0.05) is 18.9 Å². The lowest BCUT2D eigenvalue weighted by atomic mass is 9.86. The number of hydrogen-bond acceptors (Lipinski definition) is 2. The SMILES string of the molecule is CC(CCCC(=O)O)NC(=O)CCCC1CCCCC1. The second-order valence-electron chi connectivity index (χ2n) is 6.15. The van der Waals surface area contributed by atoms with E-state index in [9.17, 15) is 9.59 Å². The smallest absolute Gasteiger partial charge is 0.303 e. The van der Waals surface area contributed by atoms with Crippen molar-refractivity contribution in [2.24, 2.45) is 5.92 Å². The first kappa shape index (κ1) is 17.0. The van der Waals surface area contributed by atoms with Crippen molar-refractivity contribution >= 4 is 11.9 Å². The van der Waals surface area contributed by atoms with Crippen LogP contribution in [0.3, 0.4) is 0 Å². The molecule has 1 atom stereocenters. The lowest BCUT2D eigenvalue weighted by Gasteiger charge is -2.21. The van der Waals surface area contributed by atoms with Crippen molar-refractivity contribution in [1.82, 2.24) is 5.32 Å². The monoisotopic (exact) mass is 283 g/mol. The van der Waals surface area contributed by atoms with Crippen LogP contribution in [0.5, 0.6) is 0 Å². The largest absolute Gasteiger partial charge is 0.481 e. The summed E-state index contributed by atoms with van der Waals surface area (Å²) in [7, 11) is 0. The maximum atomic E-state index is 11.8. The van der Waals surface area contributed by atoms with Crippen molar-refractivity contribution in [1.29, 1.82) is 0 Å². The number of amides is 1. The summed E-state index contributed by atoms with van der Waals surface area (Å²) in [5, 5.41) is 11.5. The van der Waals surface area contributed by atoms with Gasteiger partial charge in [0.2, 0.25) is 5.91 Å². The van der Waals surface area contributed by atoms with Gasteiger partial charge in [0.15, 0.2) is 0 Å². The number of carboxylic acid groups (broad SMARTS) is 1. The molecule has 4 heteroatoms. The third-order valence-corrected chi connectivity index (χ3v) is 4.18. The van der Waals surface area contributed by atoms with Crippen molar-refractivity contribution in [2.45, 2.75) is 83.6 Å². The Bertz CT molecular complexity index is 298. The number of hydrogen-bond donors (Lipinski definition) is 2. The number of carbonyl (C=O) groups is 2. The van der Waals surface area contributed by atoms with Crippen LogP contribution in [0, 0.1) is 5.92 Å². The summed E-state index contributed by atoms with van der Waals surface area (Å²) in [5.41, 5.74) is 0. The highest BCUT2D eigenvalue weighted by atomic mass is 16.4. The van der Waals surface area contributed by atoms with Gasteiger partial charge in [-0.15, -0.1) is 0 Å². The predicted molar refractivity (Wildman–Crippen MR) is 79.5 cm³/mol. The van der Waals surface area contributed by atoms with E-state index in [0.29, 0.717) is 12.8 Å². The van der Waals surface area contributed by atoms with Crippen LogP contribution in [0.4, 0.5) is 0 Å². The van der Waals surface area contributed by atoms with E-state index in [2.05, 4.69) is 5.32 Å². The molecule has 0 saturated heterocycles. The second kappa shape index (κ2) is 9.78. The summed E-state index contributed by atoms with van der Waals surface area (Å²) < 4.78 is 0. The van der Waals surface area contributed by atoms with Gasteiger partial charge >= 0.3 is 5.97 Å². The molecule has 116 valence electrons. The Balaban J connectivity index is 2.02. The van der Waals surface area contributed by atoms with Crippen LogP contribution >= 0.6 is 0 Å². The van der Waals surface area contributed by atoms with Gasteiger partial charge in [-0.05, 0) is 38.5 Å². The van der Waals surface area contributed by atoms with E-state index in [1.165, 1.54) is 38.5 Å². The number of nitrogens with one attached hydrogen (secondary N) is 1. The molecule has 1 aliphatic carbocycles. The fourth-order valence-corrected chi connectivity index (χ4v) is 3.01. The van der Waals surface area contributed by atoms with Crippen LogP contribution in [0.15, 0.2) is 0 Å². The van der Waals surface area contributed by atoms with Crippen LogP contribution < -0.4 is 5.32 Å². The molecule has 0 aliphatic heterocycles. The molecule has 2 N–H and O–H groups in total. The predicted octanol–water partition coefficient (Wildman–Crippen LogP) is 3.50. The van der Waals surface area contributed by atoms with Gasteiger partial charge in [0.25, 0.3) is 0 Å². The minimum Gasteiger partial charge on any atom is -0.481 e. The van der Waals surface area contributed by atoms with Crippen LogP contribution in [-0.4, -0.2) is 23.0 Å². The third-order valence-electron chi connectivity index (χ3n) is 4.18. The number of carboxylic acids is 1. The minimum atomic E-state index is -0.768. The summed E-state index contributed by atoms with van der Waals surface area (Å²) in [6.45, 7) is 1.95. The average Bonchev–Trinajstić information content (AvgIpc) is 2.39. The van der Waals surface area contributed by atoms with E-state index < -0.39 is 5.97 Å². The van der Waals surface area contributed by atoms with Gasteiger partial charge in [0.1, 0.15) is 0 Å². The molecular formula is C16H29NO3. The Hall–Kier alpha value is -1.06. The lowest BCUT2D eigenvalue weighted by Crippen LogP contribution is -2.32. The van der Waals surface area contributed by atoms with E-state index in [0.717, 1.165) is 18.8 Å².